The van der Waals surface area contributed by atoms with Crippen molar-refractivity contribution < 1.29 is 27.4 Å². The van der Waals surface area contributed by atoms with Gasteiger partial charge in [-0.25, -0.2) is 18.0 Å². The molecule has 0 aliphatic carbocycles. The number of carbonyl (C=O) groups excluding carboxylic acids is 1. The van der Waals surface area contributed by atoms with Gasteiger partial charge in [-0.05, 0) is 18.6 Å². The van der Waals surface area contributed by atoms with Gasteiger partial charge in [0.05, 0.1) is 24.2 Å². The van der Waals surface area contributed by atoms with Crippen LogP contribution in [0.4, 0.5) is 13.2 Å². The van der Waals surface area contributed by atoms with Gasteiger partial charge in [0, 0.05) is 0 Å². The summed E-state index contributed by atoms with van der Waals surface area (Å²) in [5, 5.41) is 0. The number of ether oxygens (including phenoxy) is 2. The maximum Gasteiger partial charge on any atom is 0.338 e. The Bertz CT molecular complexity index is 469. The van der Waals surface area contributed by atoms with Gasteiger partial charge in [-0.3, -0.25) is 0 Å². The smallest absolute Gasteiger partial charge is 0.338 e. The summed E-state index contributed by atoms with van der Waals surface area (Å²) in [6.45, 7) is 3.03. The lowest BCUT2D eigenvalue weighted by Crippen LogP contribution is -2.46. The van der Waals surface area contributed by atoms with E-state index in [4.69, 9.17) is 9.47 Å². The molecule has 104 valence electrons. The third-order valence-corrected chi connectivity index (χ3v) is 3.30. The molecule has 3 nitrogen and oxygen atoms in total. The lowest BCUT2D eigenvalue weighted by Gasteiger charge is -2.39. The fraction of sp³-hybridized carbons (Fsp3) is 0.462. The highest BCUT2D eigenvalue weighted by Crippen LogP contribution is 2.31. The van der Waals surface area contributed by atoms with Gasteiger partial charge in [0.15, 0.2) is 17.5 Å². The molecule has 1 saturated heterocycles. The number of esters is 1. The van der Waals surface area contributed by atoms with E-state index in [0.29, 0.717) is 25.3 Å². The van der Waals surface area contributed by atoms with Crippen molar-refractivity contribution >= 4 is 5.97 Å². The SMILES string of the molecule is CCC1(COC(=O)c2cc(F)c(F)c(F)c2)COC1. The Balaban J connectivity index is 2.04. The lowest BCUT2D eigenvalue weighted by molar-refractivity contribution is -0.140. The molecule has 0 N–H and O–H groups in total. The summed E-state index contributed by atoms with van der Waals surface area (Å²) in [4.78, 5) is 11.6. The number of carbonyl (C=O) groups is 1. The van der Waals surface area contributed by atoms with Crippen molar-refractivity contribution in [2.45, 2.75) is 13.3 Å². The van der Waals surface area contributed by atoms with Crippen molar-refractivity contribution in [1.29, 1.82) is 0 Å². The highest BCUT2D eigenvalue weighted by Gasteiger charge is 2.38. The number of benzene rings is 1. The van der Waals surface area contributed by atoms with Crippen molar-refractivity contribution in [3.63, 3.8) is 0 Å². The largest absolute Gasteiger partial charge is 0.461 e. The van der Waals surface area contributed by atoms with Crippen LogP contribution in [0.25, 0.3) is 0 Å². The molecular weight excluding hydrogens is 261 g/mol. The van der Waals surface area contributed by atoms with E-state index in [0.717, 1.165) is 6.42 Å². The van der Waals surface area contributed by atoms with Gasteiger partial charge in [0.1, 0.15) is 6.61 Å². The van der Waals surface area contributed by atoms with Crippen LogP contribution in [0.15, 0.2) is 12.1 Å². The van der Waals surface area contributed by atoms with Crippen LogP contribution in [0, 0.1) is 22.9 Å². The van der Waals surface area contributed by atoms with Crippen molar-refractivity contribution in [2.75, 3.05) is 19.8 Å². The van der Waals surface area contributed by atoms with Crippen LogP contribution in [-0.2, 0) is 9.47 Å². The molecule has 6 heteroatoms. The van der Waals surface area contributed by atoms with Crippen molar-refractivity contribution in [1.82, 2.24) is 0 Å². The first-order valence-electron chi connectivity index (χ1n) is 5.87. The number of hydrogen-bond donors (Lipinski definition) is 0. The van der Waals surface area contributed by atoms with Crippen molar-refractivity contribution in [2.24, 2.45) is 5.41 Å². The fourth-order valence-electron chi connectivity index (χ4n) is 1.76. The molecule has 19 heavy (non-hydrogen) atoms. The second-order valence-corrected chi connectivity index (χ2v) is 4.68. The standard InChI is InChI=1S/C13H13F3O3/c1-2-13(5-18-6-13)7-19-12(17)8-3-9(14)11(16)10(15)4-8/h3-4H,2,5-7H2,1H3. The third kappa shape index (κ3) is 2.73. The summed E-state index contributed by atoms with van der Waals surface area (Å²) in [5.74, 6) is -5.31. The normalized spacial score (nSPS) is 16.8. The first-order valence-corrected chi connectivity index (χ1v) is 5.87. The second kappa shape index (κ2) is 5.21. The Labute approximate surface area is 108 Å². The van der Waals surface area contributed by atoms with E-state index in [-0.39, 0.29) is 17.6 Å². The van der Waals surface area contributed by atoms with Crippen LogP contribution in [0.2, 0.25) is 0 Å². The van der Waals surface area contributed by atoms with Crippen LogP contribution >= 0.6 is 0 Å². The zero-order valence-corrected chi connectivity index (χ0v) is 10.3. The summed E-state index contributed by atoms with van der Waals surface area (Å²) in [6.07, 6.45) is 0.770. The predicted molar refractivity (Wildman–Crippen MR) is 60.1 cm³/mol. The van der Waals surface area contributed by atoms with Gasteiger partial charge in [0.25, 0.3) is 0 Å². The van der Waals surface area contributed by atoms with Crippen molar-refractivity contribution in [3.8, 4) is 0 Å². The zero-order chi connectivity index (χ0) is 14.0. The minimum atomic E-state index is -1.60. The number of halogens is 3. The summed E-state index contributed by atoms with van der Waals surface area (Å²) >= 11 is 0. The first-order chi connectivity index (χ1) is 8.97. The van der Waals surface area contributed by atoms with Gasteiger partial charge in [-0.1, -0.05) is 6.92 Å². The van der Waals surface area contributed by atoms with E-state index < -0.39 is 23.4 Å². The molecule has 0 saturated carbocycles. The van der Waals surface area contributed by atoms with E-state index in [1.165, 1.54) is 0 Å². The minimum absolute atomic E-state index is 0.114. The quantitative estimate of drug-likeness (QED) is 0.625. The molecule has 0 unspecified atom stereocenters. The molecule has 0 bridgehead atoms. The van der Waals surface area contributed by atoms with Crippen LogP contribution in [-0.4, -0.2) is 25.8 Å². The fourth-order valence-corrected chi connectivity index (χ4v) is 1.76. The maximum atomic E-state index is 13.0. The molecule has 1 aromatic rings. The summed E-state index contributed by atoms with van der Waals surface area (Å²) in [5.41, 5.74) is -0.560. The topological polar surface area (TPSA) is 35.5 Å². The molecule has 0 amide bonds. The van der Waals surface area contributed by atoms with Crippen LogP contribution in [0.5, 0.6) is 0 Å². The summed E-state index contributed by atoms with van der Waals surface area (Å²) in [6, 6.07) is 1.24. The van der Waals surface area contributed by atoms with Crippen LogP contribution in [0.1, 0.15) is 23.7 Å². The molecule has 0 spiro atoms. The average Bonchev–Trinajstić information content (AvgIpc) is 2.34. The average molecular weight is 274 g/mol. The van der Waals surface area contributed by atoms with Crippen LogP contribution in [0.3, 0.4) is 0 Å². The minimum Gasteiger partial charge on any atom is -0.461 e. The maximum absolute atomic E-state index is 13.0. The molecular formula is C13H13F3O3. The van der Waals surface area contributed by atoms with E-state index in [2.05, 4.69) is 0 Å². The Kier molecular flexibility index (Phi) is 3.80. The summed E-state index contributed by atoms with van der Waals surface area (Å²) in [7, 11) is 0. The highest BCUT2D eigenvalue weighted by molar-refractivity contribution is 5.89. The molecule has 1 heterocycles. The Morgan fingerprint density at radius 2 is 1.89 bits per heavy atom. The Morgan fingerprint density at radius 1 is 1.32 bits per heavy atom. The molecule has 1 aromatic carbocycles. The Morgan fingerprint density at radius 3 is 2.32 bits per heavy atom. The van der Waals surface area contributed by atoms with Gasteiger partial charge in [0.2, 0.25) is 0 Å². The third-order valence-electron chi connectivity index (χ3n) is 3.30. The molecule has 0 atom stereocenters. The molecule has 1 aliphatic heterocycles. The number of rotatable bonds is 4. The molecule has 1 fully saturated rings. The van der Waals surface area contributed by atoms with E-state index in [1.807, 2.05) is 6.92 Å². The van der Waals surface area contributed by atoms with Crippen molar-refractivity contribution in [3.05, 3.63) is 35.1 Å². The lowest BCUT2D eigenvalue weighted by atomic mass is 9.84. The Hall–Kier alpha value is -1.56. The van der Waals surface area contributed by atoms with Gasteiger partial charge >= 0.3 is 5.97 Å². The van der Waals surface area contributed by atoms with Gasteiger partial charge in [-0.2, -0.15) is 0 Å². The molecule has 1 aliphatic rings. The predicted octanol–water partition coefficient (Wildman–Crippen LogP) is 2.69. The molecule has 0 radical (unpaired) electrons. The molecule has 0 aromatic heterocycles. The van der Waals surface area contributed by atoms with Gasteiger partial charge < -0.3 is 9.47 Å². The summed E-state index contributed by atoms with van der Waals surface area (Å²) < 4.78 is 48.8. The zero-order valence-electron chi connectivity index (χ0n) is 10.3. The highest BCUT2D eigenvalue weighted by atomic mass is 19.2. The monoisotopic (exact) mass is 274 g/mol. The van der Waals surface area contributed by atoms with Crippen LogP contribution < -0.4 is 0 Å². The number of hydrogen-bond acceptors (Lipinski definition) is 3. The molecule has 2 rings (SSSR count). The van der Waals surface area contributed by atoms with E-state index in [9.17, 15) is 18.0 Å². The van der Waals surface area contributed by atoms with E-state index in [1.54, 1.807) is 0 Å². The van der Waals surface area contributed by atoms with Gasteiger partial charge in [-0.15, -0.1) is 0 Å². The second-order valence-electron chi connectivity index (χ2n) is 4.68. The first kappa shape index (κ1) is 13.9. The van der Waals surface area contributed by atoms with E-state index >= 15 is 0 Å².